The number of carbonyl (C=O) groups is 1. The van der Waals surface area contributed by atoms with Crippen LogP contribution in [0.3, 0.4) is 0 Å². The average molecular weight is 357 g/mol. The van der Waals surface area contributed by atoms with Crippen LogP contribution in [0.1, 0.15) is 44.1 Å². The van der Waals surface area contributed by atoms with Gasteiger partial charge in [0.25, 0.3) is 0 Å². The summed E-state index contributed by atoms with van der Waals surface area (Å²) >= 11 is 5.92. The first kappa shape index (κ1) is 17.6. The van der Waals surface area contributed by atoms with E-state index in [-0.39, 0.29) is 30.8 Å². The number of hydrogen-bond donors (Lipinski definition) is 1. The zero-order valence-electron chi connectivity index (χ0n) is 13.6. The largest absolute Gasteiger partial charge is 0.334 e. The minimum atomic E-state index is -2.59. The molecule has 0 bridgehead atoms. The van der Waals surface area contributed by atoms with Gasteiger partial charge in [-0.3, -0.25) is 4.79 Å². The van der Waals surface area contributed by atoms with Gasteiger partial charge in [-0.05, 0) is 49.9 Å². The third kappa shape index (κ3) is 4.25. The van der Waals surface area contributed by atoms with Crippen molar-refractivity contribution in [3.63, 3.8) is 0 Å². The third-order valence-corrected chi connectivity index (χ3v) is 5.29. The molecule has 6 heteroatoms. The van der Waals surface area contributed by atoms with Crippen LogP contribution in [0.25, 0.3) is 0 Å². The highest BCUT2D eigenvalue weighted by Gasteiger charge is 2.39. The van der Waals surface area contributed by atoms with Crippen LogP contribution < -0.4 is 5.32 Å². The van der Waals surface area contributed by atoms with E-state index in [2.05, 4.69) is 5.32 Å². The van der Waals surface area contributed by atoms with Crippen molar-refractivity contribution in [2.75, 3.05) is 6.54 Å². The summed E-state index contributed by atoms with van der Waals surface area (Å²) in [4.78, 5) is 14.7. The quantitative estimate of drug-likeness (QED) is 0.884. The molecule has 1 unspecified atom stereocenters. The molecule has 1 amide bonds. The molecule has 3 nitrogen and oxygen atoms in total. The molecule has 1 atom stereocenters. The molecule has 1 aliphatic carbocycles. The number of alkyl halides is 2. The lowest BCUT2D eigenvalue weighted by atomic mass is 9.90. The van der Waals surface area contributed by atoms with E-state index in [1.54, 1.807) is 12.1 Å². The maximum Gasteiger partial charge on any atom is 0.248 e. The van der Waals surface area contributed by atoms with Gasteiger partial charge in [0.2, 0.25) is 11.8 Å². The van der Waals surface area contributed by atoms with Gasteiger partial charge >= 0.3 is 0 Å². The topological polar surface area (TPSA) is 32.3 Å². The Morgan fingerprint density at radius 2 is 1.88 bits per heavy atom. The van der Waals surface area contributed by atoms with E-state index in [1.165, 1.54) is 0 Å². The second kappa shape index (κ2) is 7.36. The summed E-state index contributed by atoms with van der Waals surface area (Å²) < 4.78 is 27.0. The summed E-state index contributed by atoms with van der Waals surface area (Å²) in [5.41, 5.74) is 0.975. The Balaban J connectivity index is 1.75. The predicted molar refractivity (Wildman–Crippen MR) is 90.2 cm³/mol. The van der Waals surface area contributed by atoms with E-state index in [0.29, 0.717) is 24.4 Å². The van der Waals surface area contributed by atoms with Gasteiger partial charge in [0.1, 0.15) is 0 Å². The van der Waals surface area contributed by atoms with Crippen LogP contribution in [0.2, 0.25) is 5.02 Å². The summed E-state index contributed by atoms with van der Waals surface area (Å²) in [7, 11) is 0. The van der Waals surface area contributed by atoms with Crippen LogP contribution >= 0.6 is 11.6 Å². The van der Waals surface area contributed by atoms with E-state index in [9.17, 15) is 13.6 Å². The zero-order chi connectivity index (χ0) is 17.2. The second-order valence-electron chi connectivity index (χ2n) is 6.83. The lowest BCUT2D eigenvalue weighted by Gasteiger charge is -2.38. The molecule has 0 aromatic heterocycles. The van der Waals surface area contributed by atoms with E-state index in [4.69, 9.17) is 11.6 Å². The average Bonchev–Trinajstić information content (AvgIpc) is 3.09. The fraction of sp³-hybridized carbons (Fsp3) is 0.611. The molecule has 1 aromatic carbocycles. The fourth-order valence-corrected chi connectivity index (χ4v) is 3.73. The normalized spacial score (nSPS) is 24.0. The first-order valence-electron chi connectivity index (χ1n) is 8.61. The number of amides is 1. The highest BCUT2D eigenvalue weighted by Crippen LogP contribution is 2.36. The highest BCUT2D eigenvalue weighted by molar-refractivity contribution is 6.30. The Morgan fingerprint density at radius 1 is 1.21 bits per heavy atom. The van der Waals surface area contributed by atoms with Crippen molar-refractivity contribution in [1.82, 2.24) is 10.2 Å². The summed E-state index contributed by atoms with van der Waals surface area (Å²) in [6, 6.07) is 7.07. The van der Waals surface area contributed by atoms with Crippen LogP contribution in [0.5, 0.6) is 0 Å². The van der Waals surface area contributed by atoms with Gasteiger partial charge in [0.05, 0.1) is 6.04 Å². The SMILES string of the molecule is O=C(C1CCCN1)N(Cc1ccc(Cl)cc1)C1CCC(F)(F)CC1. The Morgan fingerprint density at radius 3 is 2.46 bits per heavy atom. The van der Waals surface area contributed by atoms with E-state index < -0.39 is 5.92 Å². The van der Waals surface area contributed by atoms with Crippen molar-refractivity contribution in [2.45, 2.75) is 63.1 Å². The maximum absolute atomic E-state index is 13.5. The number of rotatable bonds is 4. The maximum atomic E-state index is 13.5. The highest BCUT2D eigenvalue weighted by atomic mass is 35.5. The number of hydrogen-bond acceptors (Lipinski definition) is 2. The van der Waals surface area contributed by atoms with Crippen molar-refractivity contribution in [2.24, 2.45) is 0 Å². The van der Waals surface area contributed by atoms with Crippen LogP contribution in [0.15, 0.2) is 24.3 Å². The smallest absolute Gasteiger partial charge is 0.248 e. The van der Waals surface area contributed by atoms with Gasteiger partial charge in [-0.1, -0.05) is 23.7 Å². The fourth-order valence-electron chi connectivity index (χ4n) is 3.61. The van der Waals surface area contributed by atoms with Gasteiger partial charge in [-0.15, -0.1) is 0 Å². The Bertz CT molecular complexity index is 563. The molecule has 1 N–H and O–H groups in total. The van der Waals surface area contributed by atoms with Gasteiger partial charge < -0.3 is 10.2 Å². The lowest BCUT2D eigenvalue weighted by Crippen LogP contribution is -2.50. The summed E-state index contributed by atoms with van der Waals surface area (Å²) in [5.74, 6) is -2.55. The first-order chi connectivity index (χ1) is 11.4. The molecule has 1 aliphatic heterocycles. The van der Waals surface area contributed by atoms with Crippen molar-refractivity contribution in [1.29, 1.82) is 0 Å². The van der Waals surface area contributed by atoms with Gasteiger partial charge in [0, 0.05) is 30.5 Å². The first-order valence-corrected chi connectivity index (χ1v) is 8.98. The van der Waals surface area contributed by atoms with Gasteiger partial charge in [0.15, 0.2) is 0 Å². The van der Waals surface area contributed by atoms with Crippen molar-refractivity contribution < 1.29 is 13.6 Å². The number of nitrogens with zero attached hydrogens (tertiary/aromatic N) is 1. The Hall–Kier alpha value is -1.20. The summed E-state index contributed by atoms with van der Waals surface area (Å²) in [5, 5.41) is 3.87. The monoisotopic (exact) mass is 356 g/mol. The molecule has 24 heavy (non-hydrogen) atoms. The van der Waals surface area contributed by atoms with Crippen LogP contribution in [0, 0.1) is 0 Å². The van der Waals surface area contributed by atoms with Crippen molar-refractivity contribution >= 4 is 17.5 Å². The third-order valence-electron chi connectivity index (χ3n) is 5.04. The summed E-state index contributed by atoms with van der Waals surface area (Å²) in [6.45, 7) is 1.29. The number of carbonyl (C=O) groups excluding carboxylic acids is 1. The molecule has 0 spiro atoms. The van der Waals surface area contributed by atoms with Crippen molar-refractivity contribution in [3.8, 4) is 0 Å². The molecule has 0 radical (unpaired) electrons. The minimum absolute atomic E-state index is 0.0395. The molecular formula is C18H23ClF2N2O. The lowest BCUT2D eigenvalue weighted by molar-refractivity contribution is -0.139. The van der Waals surface area contributed by atoms with Gasteiger partial charge in [-0.25, -0.2) is 8.78 Å². The second-order valence-corrected chi connectivity index (χ2v) is 7.27. The zero-order valence-corrected chi connectivity index (χ0v) is 14.4. The Labute approximate surface area is 146 Å². The molecule has 132 valence electrons. The van der Waals surface area contributed by atoms with Crippen molar-refractivity contribution in [3.05, 3.63) is 34.9 Å². The van der Waals surface area contributed by atoms with E-state index in [0.717, 1.165) is 24.9 Å². The molecular weight excluding hydrogens is 334 g/mol. The molecule has 1 heterocycles. The van der Waals surface area contributed by atoms with Gasteiger partial charge in [-0.2, -0.15) is 0 Å². The number of nitrogens with one attached hydrogen (secondary N) is 1. The molecule has 2 fully saturated rings. The van der Waals surface area contributed by atoms with Crippen LogP contribution in [-0.2, 0) is 11.3 Å². The molecule has 3 rings (SSSR count). The minimum Gasteiger partial charge on any atom is -0.334 e. The van der Waals surface area contributed by atoms with E-state index in [1.807, 2.05) is 17.0 Å². The Kier molecular flexibility index (Phi) is 5.40. The number of halogens is 3. The molecule has 1 aromatic rings. The molecule has 1 saturated carbocycles. The summed E-state index contributed by atoms with van der Waals surface area (Å²) in [6.07, 6.45) is 2.24. The molecule has 2 aliphatic rings. The number of benzene rings is 1. The van der Waals surface area contributed by atoms with E-state index >= 15 is 0 Å². The molecule has 1 saturated heterocycles. The standard InChI is InChI=1S/C18H23ClF2N2O/c19-14-5-3-13(4-6-14)12-23(17(24)16-2-1-11-22-16)15-7-9-18(20,21)10-8-15/h3-6,15-16,22H,1-2,7-12H2. The van der Waals surface area contributed by atoms with Crippen LogP contribution in [0.4, 0.5) is 8.78 Å². The predicted octanol–water partition coefficient (Wildman–Crippen LogP) is 4.00. The van der Waals surface area contributed by atoms with Crippen LogP contribution in [-0.4, -0.2) is 35.4 Å².